The molecule has 0 spiro atoms. The van der Waals surface area contributed by atoms with Crippen LogP contribution in [-0.2, 0) is 0 Å². The van der Waals surface area contributed by atoms with Gasteiger partial charge in [0.05, 0.1) is 10.6 Å². The van der Waals surface area contributed by atoms with E-state index in [1.807, 2.05) is 13.8 Å². The summed E-state index contributed by atoms with van der Waals surface area (Å²) >= 11 is 5.70. The Kier molecular flexibility index (Phi) is 3.24. The molecule has 2 heterocycles. The second-order valence-corrected chi connectivity index (χ2v) is 4.22. The predicted molar refractivity (Wildman–Crippen MR) is 65.3 cm³/mol. The predicted octanol–water partition coefficient (Wildman–Crippen LogP) is 2.48. The highest BCUT2D eigenvalue weighted by Crippen LogP contribution is 2.29. The first-order chi connectivity index (χ1) is 8.50. The summed E-state index contributed by atoms with van der Waals surface area (Å²) in [4.78, 5) is 18.0. The van der Waals surface area contributed by atoms with E-state index >= 15 is 0 Å². The summed E-state index contributed by atoms with van der Waals surface area (Å²) in [5.41, 5.74) is 0.522. The summed E-state index contributed by atoms with van der Waals surface area (Å²) in [5, 5.41) is 15.0. The fourth-order valence-corrected chi connectivity index (χ4v) is 1.72. The number of nitrogens with zero attached hydrogens (tertiary/aromatic N) is 5. The van der Waals surface area contributed by atoms with Gasteiger partial charge in [-0.25, -0.2) is 9.97 Å². The van der Waals surface area contributed by atoms with Gasteiger partial charge in [-0.05, 0) is 31.5 Å². The highest BCUT2D eigenvalue weighted by atomic mass is 35.5. The summed E-state index contributed by atoms with van der Waals surface area (Å²) in [6, 6.07) is 1.72. The largest absolute Gasteiger partial charge is 0.315 e. The third-order valence-electron chi connectivity index (χ3n) is 2.34. The van der Waals surface area contributed by atoms with Crippen molar-refractivity contribution in [2.45, 2.75) is 19.9 Å². The molecule has 0 radical (unpaired) electrons. The normalized spacial score (nSPS) is 10.9. The van der Waals surface area contributed by atoms with Crippen molar-refractivity contribution in [1.82, 2.24) is 19.7 Å². The van der Waals surface area contributed by atoms with E-state index in [9.17, 15) is 10.1 Å². The van der Waals surface area contributed by atoms with Crippen molar-refractivity contribution < 1.29 is 4.92 Å². The molecule has 0 saturated heterocycles. The lowest BCUT2D eigenvalue weighted by Crippen LogP contribution is -2.07. The van der Waals surface area contributed by atoms with Crippen molar-refractivity contribution in [2.75, 3.05) is 0 Å². The van der Waals surface area contributed by atoms with Crippen LogP contribution < -0.4 is 0 Å². The number of nitro groups is 1. The molecule has 94 valence electrons. The summed E-state index contributed by atoms with van der Waals surface area (Å²) in [6.45, 7) is 3.84. The van der Waals surface area contributed by atoms with E-state index < -0.39 is 4.92 Å². The smallest absolute Gasteiger partial charge is 0.261 e. The molecule has 0 bridgehead atoms. The molecule has 18 heavy (non-hydrogen) atoms. The molecule has 0 aliphatic heterocycles. The molecule has 0 aliphatic rings. The highest BCUT2D eigenvalue weighted by Gasteiger charge is 2.22. The summed E-state index contributed by atoms with van der Waals surface area (Å²) in [5.74, 6) is 0. The third kappa shape index (κ3) is 2.17. The minimum Gasteiger partial charge on any atom is -0.261 e. The van der Waals surface area contributed by atoms with Gasteiger partial charge >= 0.3 is 5.69 Å². The van der Waals surface area contributed by atoms with Crippen LogP contribution in [0.3, 0.4) is 0 Å². The van der Waals surface area contributed by atoms with Crippen LogP contribution >= 0.6 is 11.6 Å². The Balaban J connectivity index is 2.66. The summed E-state index contributed by atoms with van der Waals surface area (Å²) in [6.07, 6.45) is 2.66. The van der Waals surface area contributed by atoms with Gasteiger partial charge in [0.25, 0.3) is 0 Å². The monoisotopic (exact) mass is 267 g/mol. The quantitative estimate of drug-likeness (QED) is 0.484. The Morgan fingerprint density at radius 2 is 2.22 bits per heavy atom. The van der Waals surface area contributed by atoms with Crippen LogP contribution in [0.5, 0.6) is 0 Å². The Labute approximate surface area is 108 Å². The molecule has 7 nitrogen and oxygen atoms in total. The van der Waals surface area contributed by atoms with Crippen LogP contribution in [0.2, 0.25) is 5.28 Å². The molecule has 2 aromatic heterocycles. The van der Waals surface area contributed by atoms with Gasteiger partial charge in [-0.3, -0.25) is 14.8 Å². The van der Waals surface area contributed by atoms with Crippen molar-refractivity contribution in [3.05, 3.63) is 33.9 Å². The standard InChI is InChI=1S/C10H10ClN5O2/c1-6(2)15-7(3-4-13-15)9-8(16(17)18)5-12-10(11)14-9/h3-6H,1-2H3. The van der Waals surface area contributed by atoms with Gasteiger partial charge in [0.1, 0.15) is 6.20 Å². The summed E-state index contributed by atoms with van der Waals surface area (Å²) in [7, 11) is 0. The van der Waals surface area contributed by atoms with Crippen molar-refractivity contribution in [1.29, 1.82) is 0 Å². The van der Waals surface area contributed by atoms with Crippen LogP contribution in [0.4, 0.5) is 5.69 Å². The van der Waals surface area contributed by atoms with E-state index in [0.29, 0.717) is 5.69 Å². The van der Waals surface area contributed by atoms with Gasteiger partial charge in [-0.1, -0.05) is 0 Å². The zero-order valence-corrected chi connectivity index (χ0v) is 10.5. The van der Waals surface area contributed by atoms with Crippen molar-refractivity contribution in [2.24, 2.45) is 0 Å². The van der Waals surface area contributed by atoms with E-state index in [4.69, 9.17) is 11.6 Å². The first kappa shape index (κ1) is 12.4. The van der Waals surface area contributed by atoms with Crippen LogP contribution in [0.25, 0.3) is 11.4 Å². The van der Waals surface area contributed by atoms with Gasteiger partial charge in [0, 0.05) is 12.2 Å². The maximum Gasteiger partial charge on any atom is 0.315 e. The zero-order valence-electron chi connectivity index (χ0n) is 9.74. The topological polar surface area (TPSA) is 86.7 Å². The lowest BCUT2D eigenvalue weighted by Gasteiger charge is -2.10. The number of hydrogen-bond acceptors (Lipinski definition) is 5. The van der Waals surface area contributed by atoms with Gasteiger partial charge in [-0.15, -0.1) is 0 Å². The van der Waals surface area contributed by atoms with E-state index in [2.05, 4.69) is 15.1 Å². The van der Waals surface area contributed by atoms with Crippen LogP contribution in [0.15, 0.2) is 18.5 Å². The Hall–Kier alpha value is -2.02. The highest BCUT2D eigenvalue weighted by molar-refractivity contribution is 6.28. The minimum atomic E-state index is -0.538. The fraction of sp³-hybridized carbons (Fsp3) is 0.300. The van der Waals surface area contributed by atoms with Gasteiger partial charge in [0.15, 0.2) is 5.69 Å². The number of rotatable bonds is 3. The average Bonchev–Trinajstić information content (AvgIpc) is 2.77. The summed E-state index contributed by atoms with van der Waals surface area (Å²) < 4.78 is 1.64. The number of hydrogen-bond donors (Lipinski definition) is 0. The van der Waals surface area contributed by atoms with E-state index in [1.165, 1.54) is 0 Å². The Morgan fingerprint density at radius 1 is 1.50 bits per heavy atom. The van der Waals surface area contributed by atoms with E-state index in [-0.39, 0.29) is 22.7 Å². The molecular formula is C10H10ClN5O2. The fourth-order valence-electron chi connectivity index (χ4n) is 1.59. The molecule has 0 aliphatic carbocycles. The van der Waals surface area contributed by atoms with Crippen LogP contribution in [0.1, 0.15) is 19.9 Å². The molecule has 0 fully saturated rings. The van der Waals surface area contributed by atoms with E-state index in [0.717, 1.165) is 6.20 Å². The second-order valence-electron chi connectivity index (χ2n) is 3.88. The Bertz CT molecular complexity index is 596. The molecule has 0 N–H and O–H groups in total. The average molecular weight is 268 g/mol. The lowest BCUT2D eigenvalue weighted by atomic mass is 10.2. The molecule has 2 aromatic rings. The second kappa shape index (κ2) is 4.69. The van der Waals surface area contributed by atoms with Crippen molar-refractivity contribution >= 4 is 17.3 Å². The molecular weight excluding hydrogens is 258 g/mol. The van der Waals surface area contributed by atoms with Crippen molar-refractivity contribution in [3.63, 3.8) is 0 Å². The maximum atomic E-state index is 11.0. The zero-order chi connectivity index (χ0) is 13.3. The van der Waals surface area contributed by atoms with E-state index in [1.54, 1.807) is 16.9 Å². The minimum absolute atomic E-state index is 0.0351. The van der Waals surface area contributed by atoms with Crippen LogP contribution in [-0.4, -0.2) is 24.7 Å². The van der Waals surface area contributed by atoms with Crippen molar-refractivity contribution in [3.8, 4) is 11.4 Å². The molecule has 2 rings (SSSR count). The first-order valence-corrected chi connectivity index (χ1v) is 5.59. The SMILES string of the molecule is CC(C)n1nccc1-c1nc(Cl)ncc1[N+](=O)[O-]. The number of halogens is 1. The molecule has 0 amide bonds. The maximum absolute atomic E-state index is 11.0. The molecule has 0 aromatic carbocycles. The molecule has 0 saturated carbocycles. The Morgan fingerprint density at radius 3 is 2.83 bits per heavy atom. The van der Waals surface area contributed by atoms with Gasteiger partial charge in [0.2, 0.25) is 5.28 Å². The van der Waals surface area contributed by atoms with Gasteiger partial charge in [-0.2, -0.15) is 5.10 Å². The molecule has 0 atom stereocenters. The lowest BCUT2D eigenvalue weighted by molar-refractivity contribution is -0.384. The van der Waals surface area contributed by atoms with Gasteiger partial charge < -0.3 is 0 Å². The first-order valence-electron chi connectivity index (χ1n) is 5.21. The molecule has 8 heteroatoms. The number of aromatic nitrogens is 4. The third-order valence-corrected chi connectivity index (χ3v) is 2.52. The van der Waals surface area contributed by atoms with Crippen LogP contribution in [0, 0.1) is 10.1 Å². The molecule has 0 unspecified atom stereocenters.